The molecule has 3 amide bonds. The van der Waals surface area contributed by atoms with Crippen LogP contribution in [0.25, 0.3) is 0 Å². The van der Waals surface area contributed by atoms with Crippen molar-refractivity contribution in [1.82, 2.24) is 10.6 Å². The lowest BCUT2D eigenvalue weighted by molar-refractivity contribution is -0.128. The van der Waals surface area contributed by atoms with E-state index in [4.69, 9.17) is 16.2 Å². The van der Waals surface area contributed by atoms with Gasteiger partial charge in [0, 0.05) is 6.42 Å². The van der Waals surface area contributed by atoms with Crippen molar-refractivity contribution in [2.75, 3.05) is 0 Å². The predicted molar refractivity (Wildman–Crippen MR) is 99.0 cm³/mol. The lowest BCUT2D eigenvalue weighted by Gasteiger charge is -2.20. The van der Waals surface area contributed by atoms with Gasteiger partial charge in [-0.25, -0.2) is 4.79 Å². The van der Waals surface area contributed by atoms with E-state index in [9.17, 15) is 14.4 Å². The van der Waals surface area contributed by atoms with Gasteiger partial charge in [0.15, 0.2) is 6.17 Å². The number of carbonyl (C=O) groups is 3. The molecule has 0 aliphatic carbocycles. The molecule has 8 nitrogen and oxygen atoms in total. The molecule has 2 aromatic rings. The molecule has 142 valence electrons. The SMILES string of the molecule is NC(=O)[C@H](N)NC(=O)[C@H](Cc1ccccc1)NC(=O)OCc1ccccc1. The van der Waals surface area contributed by atoms with E-state index in [0.29, 0.717) is 0 Å². The van der Waals surface area contributed by atoms with Gasteiger partial charge in [-0.1, -0.05) is 60.7 Å². The molecule has 6 N–H and O–H groups in total. The van der Waals surface area contributed by atoms with E-state index in [1.54, 1.807) is 0 Å². The average Bonchev–Trinajstić information content (AvgIpc) is 2.67. The minimum absolute atomic E-state index is 0.0626. The zero-order valence-corrected chi connectivity index (χ0v) is 14.6. The first-order chi connectivity index (χ1) is 13.0. The largest absolute Gasteiger partial charge is 0.445 e. The number of hydrogen-bond donors (Lipinski definition) is 4. The zero-order valence-electron chi connectivity index (χ0n) is 14.6. The summed E-state index contributed by atoms with van der Waals surface area (Å²) in [6.45, 7) is 0.0626. The van der Waals surface area contributed by atoms with Crippen LogP contribution in [0.15, 0.2) is 60.7 Å². The summed E-state index contributed by atoms with van der Waals surface area (Å²) in [7, 11) is 0. The lowest BCUT2D eigenvalue weighted by atomic mass is 10.1. The highest BCUT2D eigenvalue weighted by Crippen LogP contribution is 2.05. The maximum atomic E-state index is 12.4. The van der Waals surface area contributed by atoms with Crippen LogP contribution in [-0.4, -0.2) is 30.1 Å². The molecule has 2 atom stereocenters. The van der Waals surface area contributed by atoms with Gasteiger partial charge in [-0.05, 0) is 11.1 Å². The van der Waals surface area contributed by atoms with Crippen molar-refractivity contribution >= 4 is 17.9 Å². The normalized spacial score (nSPS) is 12.5. The van der Waals surface area contributed by atoms with Crippen LogP contribution in [0.5, 0.6) is 0 Å². The Morgan fingerprint density at radius 1 is 0.889 bits per heavy atom. The van der Waals surface area contributed by atoms with Crippen molar-refractivity contribution in [2.45, 2.75) is 25.2 Å². The molecule has 27 heavy (non-hydrogen) atoms. The second kappa shape index (κ2) is 9.93. The van der Waals surface area contributed by atoms with Gasteiger partial charge >= 0.3 is 6.09 Å². The third-order valence-corrected chi connectivity index (χ3v) is 3.71. The number of benzene rings is 2. The van der Waals surface area contributed by atoms with E-state index >= 15 is 0 Å². The maximum absolute atomic E-state index is 12.4. The number of hydrogen-bond acceptors (Lipinski definition) is 5. The minimum atomic E-state index is -1.35. The summed E-state index contributed by atoms with van der Waals surface area (Å²) in [5.74, 6) is -1.52. The summed E-state index contributed by atoms with van der Waals surface area (Å²) < 4.78 is 5.15. The van der Waals surface area contributed by atoms with E-state index in [-0.39, 0.29) is 13.0 Å². The second-order valence-electron chi connectivity index (χ2n) is 5.84. The Balaban J connectivity index is 2.00. The van der Waals surface area contributed by atoms with E-state index in [1.807, 2.05) is 60.7 Å². The third-order valence-electron chi connectivity index (χ3n) is 3.71. The van der Waals surface area contributed by atoms with Gasteiger partial charge in [-0.3, -0.25) is 9.59 Å². The van der Waals surface area contributed by atoms with Crippen molar-refractivity contribution in [1.29, 1.82) is 0 Å². The Bertz CT molecular complexity index is 768. The summed E-state index contributed by atoms with van der Waals surface area (Å²) in [6, 6.07) is 17.2. The molecule has 0 heterocycles. The molecule has 0 aromatic heterocycles. The topological polar surface area (TPSA) is 137 Å². The Labute approximate surface area is 156 Å². The van der Waals surface area contributed by atoms with Crippen molar-refractivity contribution in [3.8, 4) is 0 Å². The van der Waals surface area contributed by atoms with Crippen molar-refractivity contribution in [2.24, 2.45) is 11.5 Å². The highest BCUT2D eigenvalue weighted by Gasteiger charge is 2.24. The van der Waals surface area contributed by atoms with E-state index in [1.165, 1.54) is 0 Å². The summed E-state index contributed by atoms with van der Waals surface area (Å²) in [5, 5.41) is 4.77. The van der Waals surface area contributed by atoms with Crippen LogP contribution < -0.4 is 22.1 Å². The molecule has 8 heteroatoms. The standard InChI is InChI=1S/C19H22N4O4/c20-16(17(21)24)23-18(25)15(11-13-7-3-1-4-8-13)22-19(26)27-12-14-9-5-2-6-10-14/h1-10,15-16H,11-12,20H2,(H2,21,24)(H,22,26)(H,23,25)/t15-,16+/m0/s1. The van der Waals surface area contributed by atoms with Gasteiger partial charge in [0.2, 0.25) is 5.91 Å². The molecular weight excluding hydrogens is 348 g/mol. The first-order valence-corrected chi connectivity index (χ1v) is 8.32. The quantitative estimate of drug-likeness (QED) is 0.499. The smallest absolute Gasteiger partial charge is 0.408 e. The Morgan fingerprint density at radius 3 is 2.00 bits per heavy atom. The third kappa shape index (κ3) is 6.79. The molecule has 0 bridgehead atoms. The van der Waals surface area contributed by atoms with Gasteiger partial charge in [0.25, 0.3) is 5.91 Å². The fraction of sp³-hybridized carbons (Fsp3) is 0.211. The van der Waals surface area contributed by atoms with Crippen molar-refractivity contribution in [3.63, 3.8) is 0 Å². The molecule has 0 aliphatic heterocycles. The summed E-state index contributed by atoms with van der Waals surface area (Å²) in [5.41, 5.74) is 12.1. The minimum Gasteiger partial charge on any atom is -0.445 e. The van der Waals surface area contributed by atoms with E-state index in [0.717, 1.165) is 11.1 Å². The summed E-state index contributed by atoms with van der Waals surface area (Å²) in [6.07, 6.45) is -1.92. The molecule has 0 saturated heterocycles. The fourth-order valence-corrected chi connectivity index (χ4v) is 2.29. The Morgan fingerprint density at radius 2 is 1.44 bits per heavy atom. The van der Waals surface area contributed by atoms with Gasteiger partial charge < -0.3 is 26.8 Å². The molecule has 0 aliphatic rings. The number of rotatable bonds is 8. The van der Waals surface area contributed by atoms with Gasteiger partial charge in [0.1, 0.15) is 12.6 Å². The molecule has 0 spiro atoms. The number of amides is 3. The highest BCUT2D eigenvalue weighted by molar-refractivity contribution is 5.90. The van der Waals surface area contributed by atoms with Gasteiger partial charge in [0.05, 0.1) is 0 Å². The number of ether oxygens (including phenoxy) is 1. The average molecular weight is 370 g/mol. The summed E-state index contributed by atoms with van der Waals surface area (Å²) >= 11 is 0. The van der Waals surface area contributed by atoms with Crippen LogP contribution in [0.1, 0.15) is 11.1 Å². The van der Waals surface area contributed by atoms with Crippen LogP contribution in [0.4, 0.5) is 4.79 Å². The first-order valence-electron chi connectivity index (χ1n) is 8.32. The van der Waals surface area contributed by atoms with Crippen molar-refractivity contribution < 1.29 is 19.1 Å². The number of primary amides is 1. The second-order valence-corrected chi connectivity index (χ2v) is 5.84. The van der Waals surface area contributed by atoms with Crippen molar-refractivity contribution in [3.05, 3.63) is 71.8 Å². The molecule has 2 aromatic carbocycles. The summed E-state index contributed by atoms with van der Waals surface area (Å²) in [4.78, 5) is 35.6. The zero-order chi connectivity index (χ0) is 19.6. The number of carbonyl (C=O) groups excluding carboxylic acids is 3. The molecule has 0 saturated carbocycles. The number of alkyl carbamates (subject to hydrolysis) is 1. The Hall–Kier alpha value is -3.39. The number of nitrogens with two attached hydrogens (primary N) is 2. The monoisotopic (exact) mass is 370 g/mol. The fourth-order valence-electron chi connectivity index (χ4n) is 2.29. The first kappa shape index (κ1) is 19.9. The lowest BCUT2D eigenvalue weighted by Crippen LogP contribution is -2.57. The van der Waals surface area contributed by atoms with Crippen LogP contribution in [0, 0.1) is 0 Å². The molecule has 2 rings (SSSR count). The van der Waals surface area contributed by atoms with Gasteiger partial charge in [-0.2, -0.15) is 0 Å². The highest BCUT2D eigenvalue weighted by atomic mass is 16.5. The number of nitrogens with one attached hydrogen (secondary N) is 2. The Kier molecular flexibility index (Phi) is 7.33. The van der Waals surface area contributed by atoms with Crippen LogP contribution in [0.3, 0.4) is 0 Å². The maximum Gasteiger partial charge on any atom is 0.408 e. The molecule has 0 radical (unpaired) electrons. The molecule has 0 fully saturated rings. The van der Waals surface area contributed by atoms with E-state index in [2.05, 4.69) is 10.6 Å². The van der Waals surface area contributed by atoms with Crippen LogP contribution in [0.2, 0.25) is 0 Å². The molecular formula is C19H22N4O4. The van der Waals surface area contributed by atoms with Gasteiger partial charge in [-0.15, -0.1) is 0 Å². The molecule has 0 unspecified atom stereocenters. The predicted octanol–water partition coefficient (Wildman–Crippen LogP) is 0.410. The van der Waals surface area contributed by atoms with Crippen LogP contribution >= 0.6 is 0 Å². The van der Waals surface area contributed by atoms with Crippen LogP contribution in [-0.2, 0) is 27.4 Å². The van der Waals surface area contributed by atoms with E-state index < -0.39 is 30.1 Å².